The van der Waals surface area contributed by atoms with E-state index in [0.717, 1.165) is 19.4 Å². The molecule has 0 aliphatic carbocycles. The van der Waals surface area contributed by atoms with Crippen LogP contribution in [0.25, 0.3) is 0 Å². The van der Waals surface area contributed by atoms with Crippen LogP contribution in [0, 0.1) is 11.7 Å². The molecule has 0 fully saturated rings. The molecule has 0 saturated heterocycles. The lowest BCUT2D eigenvalue weighted by Gasteiger charge is -2.24. The molecule has 0 radical (unpaired) electrons. The highest BCUT2D eigenvalue weighted by Crippen LogP contribution is 2.20. The molecular weight excluding hydrogens is 297 g/mol. The van der Waals surface area contributed by atoms with Gasteiger partial charge in [-0.1, -0.05) is 38.8 Å². The van der Waals surface area contributed by atoms with Crippen LogP contribution in [0.2, 0.25) is 5.02 Å². The Morgan fingerprint density at radius 2 is 2.10 bits per heavy atom. The van der Waals surface area contributed by atoms with E-state index in [1.54, 1.807) is 6.07 Å². The Labute approximate surface area is 128 Å². The van der Waals surface area contributed by atoms with Crippen molar-refractivity contribution < 1.29 is 8.60 Å². The Balaban J connectivity index is 2.76. The van der Waals surface area contributed by atoms with Crippen LogP contribution >= 0.6 is 11.6 Å². The lowest BCUT2D eigenvalue weighted by Crippen LogP contribution is -2.39. The fraction of sp³-hybridized carbons (Fsp3) is 0.600. The van der Waals surface area contributed by atoms with Gasteiger partial charge in [0.25, 0.3) is 0 Å². The van der Waals surface area contributed by atoms with Gasteiger partial charge in [-0.2, -0.15) is 0 Å². The Kier molecular flexibility index (Phi) is 7.70. The van der Waals surface area contributed by atoms with Crippen molar-refractivity contribution in [1.29, 1.82) is 0 Å². The second kappa shape index (κ2) is 8.75. The molecule has 1 aromatic carbocycles. The number of hydrogen-bond donors (Lipinski definition) is 1. The molecule has 0 aliphatic heterocycles. The summed E-state index contributed by atoms with van der Waals surface area (Å²) in [6.07, 6.45) is 2.07. The Morgan fingerprint density at radius 3 is 2.65 bits per heavy atom. The average Bonchev–Trinajstić information content (AvgIpc) is 2.45. The molecule has 2 nitrogen and oxygen atoms in total. The van der Waals surface area contributed by atoms with Crippen LogP contribution in [-0.2, 0) is 10.8 Å². The molecule has 0 saturated carbocycles. The summed E-state index contributed by atoms with van der Waals surface area (Å²) in [7, 11) is -1.17. The maximum absolute atomic E-state index is 13.1. The van der Waals surface area contributed by atoms with Gasteiger partial charge in [0.2, 0.25) is 0 Å². The Morgan fingerprint density at radius 1 is 1.40 bits per heavy atom. The fourth-order valence-electron chi connectivity index (χ4n) is 1.92. The summed E-state index contributed by atoms with van der Waals surface area (Å²) in [6, 6.07) is 4.48. The van der Waals surface area contributed by atoms with Crippen molar-refractivity contribution in [2.45, 2.75) is 44.6 Å². The van der Waals surface area contributed by atoms with Gasteiger partial charge in [0, 0.05) is 16.7 Å². The van der Waals surface area contributed by atoms with Crippen LogP contribution in [0.3, 0.4) is 0 Å². The molecule has 1 aromatic rings. The molecule has 1 rings (SSSR count). The zero-order valence-electron chi connectivity index (χ0n) is 12.3. The molecule has 0 spiro atoms. The van der Waals surface area contributed by atoms with E-state index in [1.807, 2.05) is 0 Å². The highest BCUT2D eigenvalue weighted by Gasteiger charge is 2.19. The van der Waals surface area contributed by atoms with Crippen molar-refractivity contribution in [3.8, 4) is 0 Å². The van der Waals surface area contributed by atoms with Crippen molar-refractivity contribution in [1.82, 2.24) is 5.32 Å². The predicted molar refractivity (Wildman–Crippen MR) is 84.2 cm³/mol. The van der Waals surface area contributed by atoms with E-state index in [9.17, 15) is 8.60 Å². The summed E-state index contributed by atoms with van der Waals surface area (Å²) in [4.78, 5) is 0.586. The summed E-state index contributed by atoms with van der Waals surface area (Å²) in [6.45, 7) is 7.30. The summed E-state index contributed by atoms with van der Waals surface area (Å²) in [5.41, 5.74) is 0. The van der Waals surface area contributed by atoms with Gasteiger partial charge in [-0.3, -0.25) is 4.21 Å². The zero-order valence-corrected chi connectivity index (χ0v) is 13.9. The van der Waals surface area contributed by atoms with Crippen molar-refractivity contribution in [3.05, 3.63) is 29.0 Å². The van der Waals surface area contributed by atoms with Gasteiger partial charge >= 0.3 is 0 Å². The first-order chi connectivity index (χ1) is 9.49. The molecule has 3 atom stereocenters. The zero-order chi connectivity index (χ0) is 15.1. The van der Waals surface area contributed by atoms with Crippen molar-refractivity contribution in [3.63, 3.8) is 0 Å². The molecule has 0 bridgehead atoms. The number of benzene rings is 1. The third kappa shape index (κ3) is 5.15. The summed E-state index contributed by atoms with van der Waals surface area (Å²) >= 11 is 5.74. The van der Waals surface area contributed by atoms with E-state index >= 15 is 0 Å². The minimum atomic E-state index is -1.17. The van der Waals surface area contributed by atoms with Crippen molar-refractivity contribution >= 4 is 22.4 Å². The molecule has 20 heavy (non-hydrogen) atoms. The highest BCUT2D eigenvalue weighted by molar-refractivity contribution is 7.85. The smallest absolute Gasteiger partial charge is 0.141 e. The standard InChI is InChI=1S/C15H23ClFNOS/c1-4-8-18-15(11(3)5-2)10-20(19)12-6-7-14(17)13(16)9-12/h6-7,9,11,15,18H,4-5,8,10H2,1-3H3. The van der Waals surface area contributed by atoms with Gasteiger partial charge in [0.05, 0.1) is 15.8 Å². The molecule has 0 aromatic heterocycles. The summed E-state index contributed by atoms with van der Waals surface area (Å²) < 4.78 is 25.5. The number of rotatable bonds is 8. The second-order valence-electron chi connectivity index (χ2n) is 5.03. The fourth-order valence-corrected chi connectivity index (χ4v) is 3.60. The summed E-state index contributed by atoms with van der Waals surface area (Å²) in [5.74, 6) is 0.494. The largest absolute Gasteiger partial charge is 0.313 e. The lowest BCUT2D eigenvalue weighted by molar-refractivity contribution is 0.394. The molecule has 0 aliphatic rings. The molecular formula is C15H23ClFNOS. The first-order valence-electron chi connectivity index (χ1n) is 7.06. The van der Waals surface area contributed by atoms with E-state index in [2.05, 4.69) is 26.1 Å². The third-order valence-corrected chi connectivity index (χ3v) is 5.20. The predicted octanol–water partition coefficient (Wildman–Crippen LogP) is 4.00. The quantitative estimate of drug-likeness (QED) is 0.784. The monoisotopic (exact) mass is 319 g/mol. The van der Waals surface area contributed by atoms with Gasteiger partial charge in [-0.05, 0) is 37.1 Å². The third-order valence-electron chi connectivity index (χ3n) is 3.47. The molecule has 1 N–H and O–H groups in total. The first-order valence-corrected chi connectivity index (χ1v) is 8.76. The minimum absolute atomic E-state index is 0.0254. The molecule has 0 amide bonds. The molecule has 114 valence electrons. The van der Waals surface area contributed by atoms with E-state index in [1.165, 1.54) is 12.1 Å². The van der Waals surface area contributed by atoms with E-state index in [-0.39, 0.29) is 11.1 Å². The van der Waals surface area contributed by atoms with Crippen LogP contribution in [0.1, 0.15) is 33.6 Å². The van der Waals surface area contributed by atoms with Crippen LogP contribution in [0.4, 0.5) is 4.39 Å². The summed E-state index contributed by atoms with van der Waals surface area (Å²) in [5, 5.41) is 3.47. The average molecular weight is 320 g/mol. The maximum Gasteiger partial charge on any atom is 0.141 e. The van der Waals surface area contributed by atoms with Crippen LogP contribution in [0.15, 0.2) is 23.1 Å². The second-order valence-corrected chi connectivity index (χ2v) is 6.94. The van der Waals surface area contributed by atoms with Crippen LogP contribution in [0.5, 0.6) is 0 Å². The van der Waals surface area contributed by atoms with Crippen molar-refractivity contribution in [2.24, 2.45) is 5.92 Å². The lowest BCUT2D eigenvalue weighted by atomic mass is 10.0. The van der Waals surface area contributed by atoms with Crippen LogP contribution in [-0.4, -0.2) is 22.5 Å². The van der Waals surface area contributed by atoms with Gasteiger partial charge in [-0.25, -0.2) is 4.39 Å². The van der Waals surface area contributed by atoms with Gasteiger partial charge in [-0.15, -0.1) is 0 Å². The van der Waals surface area contributed by atoms with Gasteiger partial charge < -0.3 is 5.32 Å². The SMILES string of the molecule is CCCNC(CS(=O)c1ccc(F)c(Cl)c1)C(C)CC. The van der Waals surface area contributed by atoms with Gasteiger partial charge in [0.15, 0.2) is 0 Å². The number of hydrogen-bond acceptors (Lipinski definition) is 2. The topological polar surface area (TPSA) is 29.1 Å². The van der Waals surface area contributed by atoms with E-state index < -0.39 is 16.6 Å². The van der Waals surface area contributed by atoms with Gasteiger partial charge in [0.1, 0.15) is 5.82 Å². The maximum atomic E-state index is 13.1. The first kappa shape index (κ1) is 17.6. The van der Waals surface area contributed by atoms with Crippen LogP contribution < -0.4 is 5.32 Å². The molecule has 3 unspecified atom stereocenters. The Hall–Kier alpha value is -0.450. The number of halogens is 2. The number of nitrogens with one attached hydrogen (secondary N) is 1. The minimum Gasteiger partial charge on any atom is -0.313 e. The Bertz CT molecular complexity index is 455. The highest BCUT2D eigenvalue weighted by atomic mass is 35.5. The van der Waals surface area contributed by atoms with Crippen molar-refractivity contribution in [2.75, 3.05) is 12.3 Å². The van der Waals surface area contributed by atoms with E-state index in [0.29, 0.717) is 16.6 Å². The normalized spacial score (nSPS) is 15.8. The van der Waals surface area contributed by atoms with E-state index in [4.69, 9.17) is 11.6 Å². The molecule has 5 heteroatoms. The molecule has 0 heterocycles.